The fourth-order valence-corrected chi connectivity index (χ4v) is 2.53. The third-order valence-electron chi connectivity index (χ3n) is 2.57. The molecule has 2 aromatic rings. The Morgan fingerprint density at radius 3 is 2.44 bits per heavy atom. The second-order valence-corrected chi connectivity index (χ2v) is 5.00. The van der Waals surface area contributed by atoms with Gasteiger partial charge in [0.25, 0.3) is 0 Å². The molecule has 0 aliphatic carbocycles. The number of hydrogen-bond acceptors (Lipinski definition) is 3. The molecule has 0 aliphatic heterocycles. The van der Waals surface area contributed by atoms with Gasteiger partial charge in [-0.15, -0.1) is 0 Å². The summed E-state index contributed by atoms with van der Waals surface area (Å²) in [5.41, 5.74) is 1.67. The van der Waals surface area contributed by atoms with Crippen LogP contribution in [0.15, 0.2) is 58.3 Å². The molecule has 0 heterocycles. The highest BCUT2D eigenvalue weighted by Gasteiger charge is 2.08. The first-order valence-corrected chi connectivity index (χ1v) is 6.44. The summed E-state index contributed by atoms with van der Waals surface area (Å²) < 4.78 is 4.70. The highest BCUT2D eigenvalue weighted by atomic mass is 32.2. The van der Waals surface area contributed by atoms with Gasteiger partial charge in [0.05, 0.1) is 12.7 Å². The third kappa shape index (κ3) is 2.93. The first-order valence-electron chi connectivity index (χ1n) is 5.62. The van der Waals surface area contributed by atoms with Gasteiger partial charge in [-0.25, -0.2) is 4.79 Å². The van der Waals surface area contributed by atoms with Crippen LogP contribution in [0.4, 0.5) is 0 Å². The molecule has 2 nitrogen and oxygen atoms in total. The van der Waals surface area contributed by atoms with Crippen molar-refractivity contribution in [2.75, 3.05) is 7.11 Å². The van der Waals surface area contributed by atoms with Crippen molar-refractivity contribution in [1.29, 1.82) is 0 Å². The summed E-state index contributed by atoms with van der Waals surface area (Å²) in [6, 6.07) is 15.8. The van der Waals surface area contributed by atoms with Gasteiger partial charge in [0.2, 0.25) is 0 Å². The minimum absolute atomic E-state index is 0.297. The van der Waals surface area contributed by atoms with Gasteiger partial charge in [0, 0.05) is 9.79 Å². The number of benzene rings is 2. The van der Waals surface area contributed by atoms with E-state index in [0.29, 0.717) is 5.56 Å². The summed E-state index contributed by atoms with van der Waals surface area (Å²) in [4.78, 5) is 13.7. The normalized spacial score (nSPS) is 10.1. The molecule has 0 fully saturated rings. The molecule has 0 saturated carbocycles. The number of rotatable bonds is 3. The monoisotopic (exact) mass is 258 g/mol. The molecular weight excluding hydrogens is 244 g/mol. The standard InChI is InChI=1S/C15H14O2S/c1-11-10-12(15(16)17-2)8-9-14(11)18-13-6-4-3-5-7-13/h3-10H,1-2H3. The minimum Gasteiger partial charge on any atom is -0.465 e. The number of carbonyl (C=O) groups excluding carboxylic acids is 1. The van der Waals surface area contributed by atoms with Gasteiger partial charge in [0.15, 0.2) is 0 Å². The fourth-order valence-electron chi connectivity index (χ4n) is 1.62. The average Bonchev–Trinajstić information content (AvgIpc) is 2.41. The topological polar surface area (TPSA) is 26.3 Å². The number of carbonyl (C=O) groups is 1. The minimum atomic E-state index is -0.297. The molecule has 3 heteroatoms. The molecule has 0 N–H and O–H groups in total. The Kier molecular flexibility index (Phi) is 4.05. The Morgan fingerprint density at radius 1 is 1.11 bits per heavy atom. The molecule has 92 valence electrons. The molecular formula is C15H14O2S. The van der Waals surface area contributed by atoms with E-state index in [1.807, 2.05) is 37.3 Å². The van der Waals surface area contributed by atoms with Gasteiger partial charge in [-0.3, -0.25) is 0 Å². The van der Waals surface area contributed by atoms with Crippen LogP contribution in [-0.4, -0.2) is 13.1 Å². The summed E-state index contributed by atoms with van der Waals surface area (Å²) >= 11 is 1.69. The first-order chi connectivity index (χ1) is 8.70. The molecule has 0 spiro atoms. The van der Waals surface area contributed by atoms with E-state index in [4.69, 9.17) is 4.74 Å². The molecule has 2 rings (SSSR count). The Hall–Kier alpha value is -1.74. The molecule has 0 bridgehead atoms. The van der Waals surface area contributed by atoms with E-state index in [0.717, 1.165) is 10.5 Å². The number of ether oxygens (including phenoxy) is 1. The molecule has 2 aromatic carbocycles. The van der Waals surface area contributed by atoms with E-state index in [-0.39, 0.29) is 5.97 Å². The van der Waals surface area contributed by atoms with Crippen molar-refractivity contribution >= 4 is 17.7 Å². The van der Waals surface area contributed by atoms with Crippen LogP contribution >= 0.6 is 11.8 Å². The summed E-state index contributed by atoms with van der Waals surface area (Å²) in [6.07, 6.45) is 0. The molecule has 0 amide bonds. The highest BCUT2D eigenvalue weighted by Crippen LogP contribution is 2.30. The number of hydrogen-bond donors (Lipinski definition) is 0. The van der Waals surface area contributed by atoms with Crippen LogP contribution in [0.1, 0.15) is 15.9 Å². The van der Waals surface area contributed by atoms with Crippen molar-refractivity contribution in [3.8, 4) is 0 Å². The van der Waals surface area contributed by atoms with Gasteiger partial charge in [-0.05, 0) is 42.8 Å². The molecule has 0 unspecified atom stereocenters. The lowest BCUT2D eigenvalue weighted by Crippen LogP contribution is -2.01. The van der Waals surface area contributed by atoms with E-state index < -0.39 is 0 Å². The fraction of sp³-hybridized carbons (Fsp3) is 0.133. The Morgan fingerprint density at radius 2 is 1.83 bits per heavy atom. The van der Waals surface area contributed by atoms with Crippen molar-refractivity contribution in [3.63, 3.8) is 0 Å². The van der Waals surface area contributed by atoms with E-state index in [9.17, 15) is 4.79 Å². The summed E-state index contributed by atoms with van der Waals surface area (Å²) in [7, 11) is 1.39. The van der Waals surface area contributed by atoms with Gasteiger partial charge < -0.3 is 4.74 Å². The molecule has 18 heavy (non-hydrogen) atoms. The van der Waals surface area contributed by atoms with Gasteiger partial charge in [-0.2, -0.15) is 0 Å². The van der Waals surface area contributed by atoms with Gasteiger partial charge in [-0.1, -0.05) is 30.0 Å². The highest BCUT2D eigenvalue weighted by molar-refractivity contribution is 7.99. The molecule has 0 saturated heterocycles. The summed E-state index contributed by atoms with van der Waals surface area (Å²) in [6.45, 7) is 2.00. The van der Waals surface area contributed by atoms with E-state index in [2.05, 4.69) is 12.1 Å². The number of esters is 1. The zero-order valence-electron chi connectivity index (χ0n) is 10.3. The second kappa shape index (κ2) is 5.74. The Labute approximate surface area is 111 Å². The van der Waals surface area contributed by atoms with Gasteiger partial charge in [0.1, 0.15) is 0 Å². The van der Waals surface area contributed by atoms with Crippen LogP contribution < -0.4 is 0 Å². The van der Waals surface area contributed by atoms with Crippen molar-refractivity contribution in [2.45, 2.75) is 16.7 Å². The first kappa shape index (κ1) is 12.7. The van der Waals surface area contributed by atoms with Crippen LogP contribution in [0.2, 0.25) is 0 Å². The molecule has 0 radical (unpaired) electrons. The largest absolute Gasteiger partial charge is 0.465 e. The molecule has 0 aromatic heterocycles. The van der Waals surface area contributed by atoms with E-state index >= 15 is 0 Å². The Bertz CT molecular complexity index is 550. The summed E-state index contributed by atoms with van der Waals surface area (Å²) in [5, 5.41) is 0. The molecule has 0 aliphatic rings. The quantitative estimate of drug-likeness (QED) is 0.780. The molecule has 0 atom stereocenters. The lowest BCUT2D eigenvalue weighted by atomic mass is 10.1. The van der Waals surface area contributed by atoms with Crippen LogP contribution in [0, 0.1) is 6.92 Å². The van der Waals surface area contributed by atoms with Crippen molar-refractivity contribution in [1.82, 2.24) is 0 Å². The average molecular weight is 258 g/mol. The van der Waals surface area contributed by atoms with Crippen LogP contribution in [-0.2, 0) is 4.74 Å². The van der Waals surface area contributed by atoms with Crippen LogP contribution in [0.3, 0.4) is 0 Å². The zero-order chi connectivity index (χ0) is 13.0. The van der Waals surface area contributed by atoms with Gasteiger partial charge >= 0.3 is 5.97 Å². The van der Waals surface area contributed by atoms with Crippen molar-refractivity contribution < 1.29 is 9.53 Å². The predicted molar refractivity (Wildman–Crippen MR) is 73.1 cm³/mol. The third-order valence-corrected chi connectivity index (χ3v) is 3.75. The smallest absolute Gasteiger partial charge is 0.337 e. The lowest BCUT2D eigenvalue weighted by molar-refractivity contribution is 0.0600. The maximum Gasteiger partial charge on any atom is 0.337 e. The number of aryl methyl sites for hydroxylation is 1. The maximum atomic E-state index is 11.4. The SMILES string of the molecule is COC(=O)c1ccc(Sc2ccccc2)c(C)c1. The van der Waals surface area contributed by atoms with E-state index in [1.54, 1.807) is 17.8 Å². The van der Waals surface area contributed by atoms with Crippen LogP contribution in [0.5, 0.6) is 0 Å². The second-order valence-electron chi connectivity index (χ2n) is 3.89. The summed E-state index contributed by atoms with van der Waals surface area (Å²) in [5.74, 6) is -0.297. The van der Waals surface area contributed by atoms with Crippen LogP contribution in [0.25, 0.3) is 0 Å². The van der Waals surface area contributed by atoms with Crippen molar-refractivity contribution in [2.24, 2.45) is 0 Å². The Balaban J connectivity index is 2.23. The van der Waals surface area contributed by atoms with E-state index in [1.165, 1.54) is 12.0 Å². The predicted octanol–water partition coefficient (Wildman–Crippen LogP) is 3.93. The maximum absolute atomic E-state index is 11.4. The van der Waals surface area contributed by atoms with Crippen molar-refractivity contribution in [3.05, 3.63) is 59.7 Å². The lowest BCUT2D eigenvalue weighted by Gasteiger charge is -2.07. The number of methoxy groups -OCH3 is 1. The zero-order valence-corrected chi connectivity index (χ0v) is 11.2.